The minimum atomic E-state index is -0.148. The van der Waals surface area contributed by atoms with Crippen LogP contribution in [0.15, 0.2) is 0 Å². The fraction of sp³-hybridized carbons (Fsp3) is 0.692. The summed E-state index contributed by atoms with van der Waals surface area (Å²) in [5, 5.41) is 7.19. The summed E-state index contributed by atoms with van der Waals surface area (Å²) in [4.78, 5) is 12.2. The molecular formula is C13H22N4O2. The Bertz CT molecular complexity index is 450. The highest BCUT2D eigenvalue weighted by atomic mass is 16.5. The summed E-state index contributed by atoms with van der Waals surface area (Å²) in [7, 11) is 0. The van der Waals surface area contributed by atoms with E-state index in [1.54, 1.807) is 4.68 Å². The van der Waals surface area contributed by atoms with Gasteiger partial charge in [0, 0.05) is 19.7 Å². The van der Waals surface area contributed by atoms with E-state index in [0.29, 0.717) is 36.1 Å². The first kappa shape index (κ1) is 13.9. The number of carbonyl (C=O) groups is 1. The molecule has 1 unspecified atom stereocenters. The third-order valence-corrected chi connectivity index (χ3v) is 3.49. The van der Waals surface area contributed by atoms with Crippen LogP contribution < -0.4 is 11.1 Å². The van der Waals surface area contributed by atoms with Crippen molar-refractivity contribution < 1.29 is 9.53 Å². The van der Waals surface area contributed by atoms with E-state index in [0.717, 1.165) is 26.1 Å². The molecule has 1 amide bonds. The molecule has 3 N–H and O–H groups in total. The van der Waals surface area contributed by atoms with E-state index in [1.807, 2.05) is 13.8 Å². The summed E-state index contributed by atoms with van der Waals surface area (Å²) >= 11 is 0. The molecule has 1 saturated heterocycles. The lowest BCUT2D eigenvalue weighted by Gasteiger charge is -2.22. The zero-order valence-corrected chi connectivity index (χ0v) is 11.6. The molecule has 1 aliphatic heterocycles. The average molecular weight is 266 g/mol. The molecule has 1 atom stereocenters. The quantitative estimate of drug-likeness (QED) is 0.850. The zero-order chi connectivity index (χ0) is 13.8. The first-order chi connectivity index (χ1) is 9.13. The highest BCUT2D eigenvalue weighted by Gasteiger charge is 2.20. The molecule has 1 fully saturated rings. The minimum absolute atomic E-state index is 0.148. The van der Waals surface area contributed by atoms with Gasteiger partial charge in [-0.25, -0.2) is 0 Å². The third kappa shape index (κ3) is 3.07. The van der Waals surface area contributed by atoms with E-state index in [9.17, 15) is 4.79 Å². The minimum Gasteiger partial charge on any atom is -0.395 e. The van der Waals surface area contributed by atoms with E-state index >= 15 is 0 Å². The SMILES string of the molecule is CCn1nc(C)c(N)c1C(=O)NCC1CCCOC1. The Morgan fingerprint density at radius 3 is 3.05 bits per heavy atom. The van der Waals surface area contributed by atoms with Crippen molar-refractivity contribution in [1.82, 2.24) is 15.1 Å². The lowest BCUT2D eigenvalue weighted by molar-refractivity contribution is 0.0535. The largest absolute Gasteiger partial charge is 0.395 e. The molecule has 2 rings (SSSR count). The van der Waals surface area contributed by atoms with E-state index in [1.165, 1.54) is 0 Å². The molecule has 0 aromatic carbocycles. The van der Waals surface area contributed by atoms with Gasteiger partial charge in [-0.15, -0.1) is 0 Å². The number of hydrogen-bond acceptors (Lipinski definition) is 4. The predicted molar refractivity (Wildman–Crippen MR) is 72.9 cm³/mol. The predicted octanol–water partition coefficient (Wildman–Crippen LogP) is 0.950. The van der Waals surface area contributed by atoms with E-state index in [4.69, 9.17) is 10.5 Å². The number of aryl methyl sites for hydroxylation is 2. The van der Waals surface area contributed by atoms with E-state index in [2.05, 4.69) is 10.4 Å². The fourth-order valence-electron chi connectivity index (χ4n) is 2.35. The first-order valence-electron chi connectivity index (χ1n) is 6.82. The van der Waals surface area contributed by atoms with E-state index in [-0.39, 0.29) is 5.91 Å². The molecule has 19 heavy (non-hydrogen) atoms. The molecule has 1 aliphatic rings. The summed E-state index contributed by atoms with van der Waals surface area (Å²) in [6.07, 6.45) is 2.16. The van der Waals surface area contributed by atoms with Gasteiger partial charge in [0.15, 0.2) is 0 Å². The van der Waals surface area contributed by atoms with Crippen LogP contribution in [-0.4, -0.2) is 35.4 Å². The number of nitrogens with one attached hydrogen (secondary N) is 1. The highest BCUT2D eigenvalue weighted by Crippen LogP contribution is 2.17. The number of nitrogens with zero attached hydrogens (tertiary/aromatic N) is 2. The van der Waals surface area contributed by atoms with Crippen LogP contribution in [0.3, 0.4) is 0 Å². The molecule has 0 bridgehead atoms. The van der Waals surface area contributed by atoms with Crippen molar-refractivity contribution in [3.05, 3.63) is 11.4 Å². The first-order valence-corrected chi connectivity index (χ1v) is 6.82. The van der Waals surface area contributed by atoms with Gasteiger partial charge in [0.2, 0.25) is 0 Å². The molecular weight excluding hydrogens is 244 g/mol. The number of rotatable bonds is 4. The van der Waals surface area contributed by atoms with Crippen LogP contribution in [0.4, 0.5) is 5.69 Å². The van der Waals surface area contributed by atoms with E-state index < -0.39 is 0 Å². The zero-order valence-electron chi connectivity index (χ0n) is 11.6. The van der Waals surface area contributed by atoms with Gasteiger partial charge in [-0.3, -0.25) is 9.48 Å². The second kappa shape index (κ2) is 6.06. The number of hydrogen-bond donors (Lipinski definition) is 2. The monoisotopic (exact) mass is 266 g/mol. The number of anilines is 1. The third-order valence-electron chi connectivity index (χ3n) is 3.49. The maximum Gasteiger partial charge on any atom is 0.271 e. The van der Waals surface area contributed by atoms with Gasteiger partial charge in [0.25, 0.3) is 5.91 Å². The van der Waals surface area contributed by atoms with Crippen molar-refractivity contribution in [2.75, 3.05) is 25.5 Å². The topological polar surface area (TPSA) is 82.2 Å². The summed E-state index contributed by atoms with van der Waals surface area (Å²) < 4.78 is 7.05. The lowest BCUT2D eigenvalue weighted by Crippen LogP contribution is -2.34. The Morgan fingerprint density at radius 1 is 1.63 bits per heavy atom. The van der Waals surface area contributed by atoms with Crippen LogP contribution >= 0.6 is 0 Å². The Labute approximate surface area is 113 Å². The highest BCUT2D eigenvalue weighted by molar-refractivity contribution is 5.97. The summed E-state index contributed by atoms with van der Waals surface area (Å²) in [6.45, 7) is 6.57. The van der Waals surface area contributed by atoms with Crippen molar-refractivity contribution >= 4 is 11.6 Å². The summed E-state index contributed by atoms with van der Waals surface area (Å²) in [5.41, 5.74) is 7.56. The van der Waals surface area contributed by atoms with Gasteiger partial charge in [0.1, 0.15) is 5.69 Å². The van der Waals surface area contributed by atoms with Crippen molar-refractivity contribution in [3.8, 4) is 0 Å². The normalized spacial score (nSPS) is 19.4. The molecule has 1 aromatic heterocycles. The van der Waals surface area contributed by atoms with Gasteiger partial charge in [-0.05, 0) is 32.6 Å². The molecule has 6 nitrogen and oxygen atoms in total. The van der Waals surface area contributed by atoms with Crippen molar-refractivity contribution in [2.24, 2.45) is 5.92 Å². The lowest BCUT2D eigenvalue weighted by atomic mass is 10.0. The molecule has 6 heteroatoms. The van der Waals surface area contributed by atoms with Gasteiger partial charge in [0.05, 0.1) is 18.0 Å². The number of aromatic nitrogens is 2. The van der Waals surface area contributed by atoms with Gasteiger partial charge < -0.3 is 15.8 Å². The van der Waals surface area contributed by atoms with Crippen LogP contribution in [-0.2, 0) is 11.3 Å². The summed E-state index contributed by atoms with van der Waals surface area (Å²) in [6, 6.07) is 0. The summed E-state index contributed by atoms with van der Waals surface area (Å²) in [5.74, 6) is 0.253. The second-order valence-electron chi connectivity index (χ2n) is 4.96. The number of nitrogen functional groups attached to an aromatic ring is 1. The number of ether oxygens (including phenoxy) is 1. The van der Waals surface area contributed by atoms with Crippen LogP contribution in [0.5, 0.6) is 0 Å². The number of carbonyl (C=O) groups excluding carboxylic acids is 1. The Balaban J connectivity index is 1.99. The maximum absolute atomic E-state index is 12.2. The Kier molecular flexibility index (Phi) is 4.42. The van der Waals surface area contributed by atoms with Gasteiger partial charge in [-0.1, -0.05) is 0 Å². The maximum atomic E-state index is 12.2. The Hall–Kier alpha value is -1.56. The molecule has 0 spiro atoms. The molecule has 0 radical (unpaired) electrons. The van der Waals surface area contributed by atoms with Gasteiger partial charge in [-0.2, -0.15) is 5.10 Å². The molecule has 0 saturated carbocycles. The standard InChI is InChI=1S/C13H22N4O2/c1-3-17-12(11(14)9(2)16-17)13(18)15-7-10-5-4-6-19-8-10/h10H,3-8,14H2,1-2H3,(H,15,18). The van der Waals surface area contributed by atoms with Crippen molar-refractivity contribution in [2.45, 2.75) is 33.2 Å². The van der Waals surface area contributed by atoms with Crippen molar-refractivity contribution in [1.29, 1.82) is 0 Å². The second-order valence-corrected chi connectivity index (χ2v) is 4.96. The molecule has 106 valence electrons. The number of nitrogens with two attached hydrogens (primary N) is 1. The van der Waals surface area contributed by atoms with Crippen LogP contribution in [0.1, 0.15) is 35.9 Å². The van der Waals surface area contributed by atoms with Gasteiger partial charge >= 0.3 is 0 Å². The molecule has 1 aromatic rings. The van der Waals surface area contributed by atoms with Crippen LogP contribution in [0.25, 0.3) is 0 Å². The van der Waals surface area contributed by atoms with Crippen LogP contribution in [0.2, 0.25) is 0 Å². The Morgan fingerprint density at radius 2 is 2.42 bits per heavy atom. The number of amides is 1. The van der Waals surface area contributed by atoms with Crippen LogP contribution in [0, 0.1) is 12.8 Å². The smallest absolute Gasteiger partial charge is 0.271 e. The van der Waals surface area contributed by atoms with Crippen molar-refractivity contribution in [3.63, 3.8) is 0 Å². The fourth-order valence-corrected chi connectivity index (χ4v) is 2.35. The average Bonchev–Trinajstić information content (AvgIpc) is 2.73. The molecule has 2 heterocycles. The molecule has 0 aliphatic carbocycles.